The van der Waals surface area contributed by atoms with E-state index in [2.05, 4.69) is 21.3 Å². The van der Waals surface area contributed by atoms with Gasteiger partial charge in [-0.15, -0.1) is 0 Å². The molecule has 20 nitrogen and oxygen atoms in total. The first-order valence-electron chi connectivity index (χ1n) is 25.4. The van der Waals surface area contributed by atoms with Crippen molar-refractivity contribution in [3.05, 3.63) is 35.4 Å². The minimum absolute atomic E-state index is 0.0137. The summed E-state index contributed by atoms with van der Waals surface area (Å²) in [5.74, 6) is -7.26. The highest BCUT2D eigenvalue weighted by Crippen LogP contribution is 2.29. The number of likely N-dealkylation sites (N-methyl/N-ethyl adjacent to an activating group) is 2. The van der Waals surface area contributed by atoms with Gasteiger partial charge in [-0.25, -0.2) is 4.79 Å². The van der Waals surface area contributed by atoms with E-state index >= 15 is 0 Å². The number of nitrogens with zero attached hydrogens (tertiary/aromatic N) is 5. The van der Waals surface area contributed by atoms with Crippen molar-refractivity contribution in [2.75, 3.05) is 53.9 Å². The number of carbonyl (C=O) groups is 9. The van der Waals surface area contributed by atoms with Crippen LogP contribution in [0.4, 0.5) is 18.0 Å². The number of piperidine rings is 1. The van der Waals surface area contributed by atoms with E-state index in [1.54, 1.807) is 41.5 Å². The van der Waals surface area contributed by atoms with Crippen molar-refractivity contribution in [2.45, 2.75) is 168 Å². The second kappa shape index (κ2) is 27.6. The molecule has 7 atom stereocenters. The Morgan fingerprint density at radius 3 is 1.84 bits per heavy atom. The summed E-state index contributed by atoms with van der Waals surface area (Å²) < 4.78 is 46.8. The van der Waals surface area contributed by atoms with Crippen LogP contribution >= 0.6 is 0 Å². The highest BCUT2D eigenvalue weighted by atomic mass is 19.4. The zero-order valence-corrected chi connectivity index (χ0v) is 45.1. The highest BCUT2D eigenvalue weighted by Gasteiger charge is 2.41. The summed E-state index contributed by atoms with van der Waals surface area (Å²) in [7, 11) is 3.73. The number of likely N-dealkylation sites (tertiary alicyclic amines) is 1. The molecular formula is C51H80F3N9O11. The predicted octanol–water partition coefficient (Wildman–Crippen LogP) is 2.84. The van der Waals surface area contributed by atoms with E-state index in [-0.39, 0.29) is 56.5 Å². The molecule has 1 aromatic carbocycles. The molecule has 0 saturated carbocycles. The fourth-order valence-corrected chi connectivity index (χ4v) is 8.61. The number of imide groups is 1. The number of hydrogen-bond donors (Lipinski definition) is 5. The van der Waals surface area contributed by atoms with E-state index in [0.717, 1.165) is 47.5 Å². The van der Waals surface area contributed by atoms with E-state index in [4.69, 9.17) is 4.74 Å². The molecule has 74 heavy (non-hydrogen) atoms. The smallest absolute Gasteiger partial charge is 0.391 e. The molecule has 23 heteroatoms. The molecule has 2 fully saturated rings. The van der Waals surface area contributed by atoms with E-state index in [0.29, 0.717) is 24.2 Å². The molecule has 1 aromatic rings. The minimum Gasteiger partial charge on any atom is -0.391 e. The lowest BCUT2D eigenvalue weighted by Gasteiger charge is -2.37. The number of ether oxygens (including phenoxy) is 1. The number of hydrogen-bond acceptors (Lipinski definition) is 11. The highest BCUT2D eigenvalue weighted by molar-refractivity contribution is 6.01. The summed E-state index contributed by atoms with van der Waals surface area (Å²) in [6, 6.07) is -6.33. The van der Waals surface area contributed by atoms with Gasteiger partial charge in [0.05, 0.1) is 36.8 Å². The third kappa shape index (κ3) is 18.5. The first kappa shape index (κ1) is 62.5. The Hall–Kier alpha value is -5.84. The monoisotopic (exact) mass is 1050 g/mol. The van der Waals surface area contributed by atoms with E-state index in [9.17, 15) is 61.4 Å². The van der Waals surface area contributed by atoms with E-state index < -0.39 is 132 Å². The van der Waals surface area contributed by atoms with Crippen LogP contribution < -0.4 is 21.3 Å². The molecule has 416 valence electrons. The number of nitrogens with one attached hydrogen (secondary N) is 4. The molecule has 0 bridgehead atoms. The summed E-state index contributed by atoms with van der Waals surface area (Å²) in [6.45, 7) is 14.9. The Labute approximate surface area is 433 Å². The average Bonchev–Trinajstić information content (AvgIpc) is 3.32. The molecule has 0 aliphatic carbocycles. The summed E-state index contributed by atoms with van der Waals surface area (Å²) >= 11 is 0. The molecule has 0 aromatic heterocycles. The zero-order valence-electron chi connectivity index (χ0n) is 45.1. The van der Waals surface area contributed by atoms with Gasteiger partial charge in [-0.05, 0) is 95.8 Å². The minimum atomic E-state index is -4.69. The zero-order chi connectivity index (χ0) is 56.0. The topological polar surface area (TPSA) is 247 Å². The van der Waals surface area contributed by atoms with Crippen molar-refractivity contribution in [1.29, 1.82) is 0 Å². The first-order valence-corrected chi connectivity index (χ1v) is 25.4. The van der Waals surface area contributed by atoms with Gasteiger partial charge in [0.2, 0.25) is 47.3 Å². The van der Waals surface area contributed by atoms with Crippen molar-refractivity contribution >= 4 is 53.3 Å². The third-order valence-corrected chi connectivity index (χ3v) is 12.8. The van der Waals surface area contributed by atoms with Crippen LogP contribution in [0.25, 0.3) is 0 Å². The Bertz CT molecular complexity index is 2130. The van der Waals surface area contributed by atoms with Gasteiger partial charge in [-0.3, -0.25) is 43.3 Å². The Morgan fingerprint density at radius 2 is 1.31 bits per heavy atom. The molecular weight excluding hydrogens is 972 g/mol. The van der Waals surface area contributed by atoms with Crippen molar-refractivity contribution < 1.29 is 66.2 Å². The summed E-state index contributed by atoms with van der Waals surface area (Å²) in [4.78, 5) is 135. The van der Waals surface area contributed by atoms with E-state index in [1.807, 2.05) is 13.8 Å². The third-order valence-electron chi connectivity index (χ3n) is 12.8. The number of urea groups is 1. The van der Waals surface area contributed by atoms with Crippen molar-refractivity contribution in [2.24, 2.45) is 11.8 Å². The van der Waals surface area contributed by atoms with Crippen molar-refractivity contribution in [3.63, 3.8) is 0 Å². The normalized spacial score (nSPS) is 24.2. The molecule has 1 unspecified atom stereocenters. The van der Waals surface area contributed by atoms with Crippen LogP contribution in [0.3, 0.4) is 0 Å². The maximum atomic E-state index is 14.9. The lowest BCUT2D eigenvalue weighted by Crippen LogP contribution is -2.62. The molecule has 2 saturated heterocycles. The number of aliphatic hydroxyl groups excluding tert-OH is 1. The van der Waals surface area contributed by atoms with Crippen molar-refractivity contribution in [1.82, 2.24) is 45.8 Å². The van der Waals surface area contributed by atoms with E-state index in [1.165, 1.54) is 30.8 Å². The van der Waals surface area contributed by atoms with Crippen LogP contribution in [-0.2, 0) is 55.7 Å². The number of alkyl halides is 3. The number of aliphatic hydroxyl groups is 1. The summed E-state index contributed by atoms with van der Waals surface area (Å²) in [6.07, 6.45) is -5.03. The number of amides is 10. The van der Waals surface area contributed by atoms with Gasteiger partial charge in [-0.1, -0.05) is 46.8 Å². The van der Waals surface area contributed by atoms with Gasteiger partial charge in [0.15, 0.2) is 0 Å². The van der Waals surface area contributed by atoms with Crippen molar-refractivity contribution in [3.8, 4) is 0 Å². The second-order valence-electron chi connectivity index (χ2n) is 21.2. The molecule has 0 radical (unpaired) electrons. The molecule has 3 rings (SSSR count). The van der Waals surface area contributed by atoms with Gasteiger partial charge in [-0.2, -0.15) is 13.2 Å². The maximum Gasteiger partial charge on any atom is 0.416 e. The SMILES string of the molecule is CCCN1CC(=O)N[C@@H]([C@@H](C)O)C(=O)N[C@H](C(=O)N2CCCCC2)CC(=O)N(C)C(=O)N[C@@H](Cc2ccc(C(F)(F)F)cc2)C(=O)N(C)C(CC(C)C)C(=O)N(C)[C@@H](CC(C)C)C(=O)N[C@@H](COC(C)(C)C)C1=O. The van der Waals surface area contributed by atoms with Crippen LogP contribution in [0.15, 0.2) is 24.3 Å². The Kier molecular flexibility index (Phi) is 23.3. The van der Waals surface area contributed by atoms with Gasteiger partial charge in [0, 0.05) is 47.2 Å². The molecule has 2 aliphatic heterocycles. The molecule has 2 aliphatic rings. The van der Waals surface area contributed by atoms with Crippen LogP contribution in [0, 0.1) is 11.8 Å². The molecule has 2 heterocycles. The number of halogens is 3. The van der Waals surface area contributed by atoms with Crippen LogP contribution in [0.5, 0.6) is 0 Å². The van der Waals surface area contributed by atoms with Gasteiger partial charge in [0.1, 0.15) is 36.3 Å². The Balaban J connectivity index is 2.29. The van der Waals surface area contributed by atoms with Crippen LogP contribution in [0.2, 0.25) is 0 Å². The standard InChI is InChI=1S/C51H80F3N9O11/c1-13-21-63-28-40(65)58-42(32(6)64)44(68)55-36(46(70)62-22-15-14-16-23-62)27-41(66)61(12)49(73)57-35(26-33-17-19-34(20-18-33)51(52,53)54)45(69)60(11)39(25-31(4)5)48(72)59(10)38(24-30(2)3)43(67)56-37(47(63)71)29-74-50(7,8)9/h17-20,30-32,35-39,42,64H,13-16,21-29H2,1-12H3,(H,55,68)(H,56,67)(H,57,73)(H,58,65)/t32-,35+,36+,37+,38+,39?,42+/m1/s1. The van der Waals surface area contributed by atoms with Gasteiger partial charge >= 0.3 is 12.2 Å². The Morgan fingerprint density at radius 1 is 0.743 bits per heavy atom. The lowest BCUT2D eigenvalue weighted by molar-refractivity contribution is -0.150. The fourth-order valence-electron chi connectivity index (χ4n) is 8.61. The second-order valence-corrected chi connectivity index (χ2v) is 21.2. The number of benzene rings is 1. The number of carbonyl (C=O) groups excluding carboxylic acids is 9. The van der Waals surface area contributed by atoms with Crippen LogP contribution in [0.1, 0.15) is 118 Å². The van der Waals surface area contributed by atoms with Crippen LogP contribution in [-0.4, -0.2) is 185 Å². The average molecular weight is 1050 g/mol. The largest absolute Gasteiger partial charge is 0.416 e. The fraction of sp³-hybridized carbons (Fsp3) is 0.706. The summed E-state index contributed by atoms with van der Waals surface area (Å²) in [5.41, 5.74) is -1.63. The van der Waals surface area contributed by atoms with Gasteiger partial charge in [0.25, 0.3) is 0 Å². The molecule has 10 amide bonds. The maximum absolute atomic E-state index is 14.9. The van der Waals surface area contributed by atoms with Gasteiger partial charge < -0.3 is 50.7 Å². The quantitative estimate of drug-likeness (QED) is 0.204. The lowest BCUT2D eigenvalue weighted by atomic mass is 9.96. The molecule has 5 N–H and O–H groups in total. The number of rotatable bonds is 12. The molecule has 0 spiro atoms. The first-order chi connectivity index (χ1) is 34.4. The predicted molar refractivity (Wildman–Crippen MR) is 267 cm³/mol. The summed E-state index contributed by atoms with van der Waals surface area (Å²) in [5, 5.41) is 21.0.